The number of hydrogen-bond acceptors (Lipinski definition) is 3. The molecule has 0 unspecified atom stereocenters. The normalized spacial score (nSPS) is 12.6. The Labute approximate surface area is 179 Å². The number of likely N-dealkylation sites (N-methyl/N-ethyl adjacent to an activating group) is 1. The molecule has 0 aliphatic rings. The smallest absolute Gasteiger partial charge is 0.393 e. The molecule has 0 bridgehead atoms. The van der Waals surface area contributed by atoms with Crippen LogP contribution < -0.4 is 11.1 Å². The molecule has 0 fully saturated rings. The van der Waals surface area contributed by atoms with E-state index in [1.807, 2.05) is 0 Å². The summed E-state index contributed by atoms with van der Waals surface area (Å²) in [6, 6.07) is 8.07. The second-order valence-electron chi connectivity index (χ2n) is 6.65. The summed E-state index contributed by atoms with van der Waals surface area (Å²) in [7, 11) is 1.47. The standard InChI is InChI=1S/C20H18ClF6N3O/c1-30(11-13-4-2-3-5-16(13)21)18(31)17(28)10-29-9-12-6-14(19(22,23)24)8-15(7-12)20(25,26)27/h2-8,10,29H,9,11,28H2,1H3/b17-10-. The first-order valence-electron chi connectivity index (χ1n) is 8.75. The highest BCUT2D eigenvalue weighted by molar-refractivity contribution is 6.31. The van der Waals surface area contributed by atoms with Crippen LogP contribution in [0.5, 0.6) is 0 Å². The van der Waals surface area contributed by atoms with Crippen LogP contribution in [-0.2, 0) is 30.2 Å². The summed E-state index contributed by atoms with van der Waals surface area (Å²) in [5.74, 6) is -0.604. The number of amides is 1. The van der Waals surface area contributed by atoms with Gasteiger partial charge in [0, 0.05) is 31.4 Å². The quantitative estimate of drug-likeness (QED) is 0.470. The van der Waals surface area contributed by atoms with E-state index in [1.54, 1.807) is 24.3 Å². The average molecular weight is 466 g/mol. The fourth-order valence-electron chi connectivity index (χ4n) is 2.64. The molecule has 3 N–H and O–H groups in total. The molecule has 168 valence electrons. The van der Waals surface area contributed by atoms with Gasteiger partial charge in [-0.3, -0.25) is 4.79 Å². The van der Waals surface area contributed by atoms with E-state index >= 15 is 0 Å². The molecule has 11 heteroatoms. The minimum absolute atomic E-state index is 0.0426. The van der Waals surface area contributed by atoms with Gasteiger partial charge in [0.15, 0.2) is 0 Å². The summed E-state index contributed by atoms with van der Waals surface area (Å²) in [5.41, 5.74) is 2.95. The lowest BCUT2D eigenvalue weighted by molar-refractivity contribution is -0.143. The zero-order chi connectivity index (χ0) is 23.4. The summed E-state index contributed by atoms with van der Waals surface area (Å²) in [6.07, 6.45) is -8.86. The third-order valence-electron chi connectivity index (χ3n) is 4.17. The zero-order valence-electron chi connectivity index (χ0n) is 16.1. The molecule has 2 rings (SSSR count). The fourth-order valence-corrected chi connectivity index (χ4v) is 2.83. The van der Waals surface area contributed by atoms with Crippen molar-refractivity contribution in [3.63, 3.8) is 0 Å². The lowest BCUT2D eigenvalue weighted by Crippen LogP contribution is -2.31. The summed E-state index contributed by atoms with van der Waals surface area (Å²) >= 11 is 6.04. The van der Waals surface area contributed by atoms with Gasteiger partial charge in [0.05, 0.1) is 11.1 Å². The van der Waals surface area contributed by atoms with Crippen LogP contribution in [0, 0.1) is 0 Å². The molecule has 2 aromatic rings. The summed E-state index contributed by atoms with van der Waals surface area (Å²) in [6.45, 7) is -0.259. The summed E-state index contributed by atoms with van der Waals surface area (Å²) in [4.78, 5) is 13.6. The third-order valence-corrected chi connectivity index (χ3v) is 4.54. The predicted molar refractivity (Wildman–Crippen MR) is 103 cm³/mol. The first kappa shape index (κ1) is 24.4. The van der Waals surface area contributed by atoms with Crippen LogP contribution in [0.4, 0.5) is 26.3 Å². The molecule has 0 saturated heterocycles. The molecule has 2 aromatic carbocycles. The van der Waals surface area contributed by atoms with Crippen molar-refractivity contribution in [3.8, 4) is 0 Å². The molecule has 0 aromatic heterocycles. The molecule has 0 atom stereocenters. The number of nitrogens with two attached hydrogens (primary N) is 1. The number of alkyl halides is 6. The minimum atomic E-state index is -4.94. The van der Waals surface area contributed by atoms with E-state index in [4.69, 9.17) is 17.3 Å². The Hall–Kier alpha value is -2.88. The number of halogens is 7. The maximum absolute atomic E-state index is 12.9. The number of nitrogens with one attached hydrogen (secondary N) is 1. The van der Waals surface area contributed by atoms with E-state index in [0.717, 1.165) is 6.20 Å². The first-order chi connectivity index (χ1) is 14.3. The molecule has 31 heavy (non-hydrogen) atoms. The SMILES string of the molecule is CN(Cc1ccccc1Cl)C(=O)/C(N)=C/NCc1cc(C(F)(F)F)cc(C(F)(F)F)c1. The second-order valence-corrected chi connectivity index (χ2v) is 7.05. The molecule has 4 nitrogen and oxygen atoms in total. The van der Waals surface area contributed by atoms with E-state index in [-0.39, 0.29) is 23.9 Å². The van der Waals surface area contributed by atoms with Gasteiger partial charge in [0.1, 0.15) is 5.70 Å². The van der Waals surface area contributed by atoms with Gasteiger partial charge in [-0.25, -0.2) is 0 Å². The fraction of sp³-hybridized carbons (Fsp3) is 0.250. The second kappa shape index (κ2) is 9.51. The van der Waals surface area contributed by atoms with Gasteiger partial charge >= 0.3 is 12.4 Å². The van der Waals surface area contributed by atoms with E-state index in [1.165, 1.54) is 11.9 Å². The van der Waals surface area contributed by atoms with Crippen molar-refractivity contribution in [1.82, 2.24) is 10.2 Å². The zero-order valence-corrected chi connectivity index (χ0v) is 16.9. The van der Waals surface area contributed by atoms with Gasteiger partial charge in [-0.05, 0) is 35.4 Å². The Bertz CT molecular complexity index is 940. The summed E-state index contributed by atoms with van der Waals surface area (Å²) < 4.78 is 77.5. The molecule has 0 heterocycles. The van der Waals surface area contributed by atoms with Crippen molar-refractivity contribution in [2.45, 2.75) is 25.4 Å². The number of nitrogens with zero attached hydrogens (tertiary/aromatic N) is 1. The molecule has 0 aliphatic heterocycles. The number of carbonyl (C=O) groups is 1. The Morgan fingerprint density at radius 3 is 2.13 bits per heavy atom. The van der Waals surface area contributed by atoms with Crippen molar-refractivity contribution in [1.29, 1.82) is 0 Å². The highest BCUT2D eigenvalue weighted by Gasteiger charge is 2.36. The van der Waals surface area contributed by atoms with Crippen molar-refractivity contribution < 1.29 is 31.1 Å². The summed E-state index contributed by atoms with van der Waals surface area (Å²) in [5, 5.41) is 2.93. The third kappa shape index (κ3) is 6.81. The first-order valence-corrected chi connectivity index (χ1v) is 9.13. The largest absolute Gasteiger partial charge is 0.416 e. The van der Waals surface area contributed by atoms with Crippen LogP contribution in [0.2, 0.25) is 5.02 Å². The maximum atomic E-state index is 12.9. The Morgan fingerprint density at radius 2 is 1.61 bits per heavy atom. The Morgan fingerprint density at radius 1 is 1.06 bits per heavy atom. The van der Waals surface area contributed by atoms with Crippen LogP contribution in [0.15, 0.2) is 54.4 Å². The van der Waals surface area contributed by atoms with Crippen LogP contribution in [0.25, 0.3) is 0 Å². The monoisotopic (exact) mass is 465 g/mol. The van der Waals surface area contributed by atoms with Crippen molar-refractivity contribution in [3.05, 3.63) is 81.6 Å². The van der Waals surface area contributed by atoms with Crippen molar-refractivity contribution >= 4 is 17.5 Å². The van der Waals surface area contributed by atoms with Crippen molar-refractivity contribution in [2.24, 2.45) is 5.73 Å². The highest BCUT2D eigenvalue weighted by Crippen LogP contribution is 2.36. The predicted octanol–water partition coefficient (Wildman–Crippen LogP) is 4.93. The number of rotatable bonds is 6. The van der Waals surface area contributed by atoms with Gasteiger partial charge < -0.3 is 16.0 Å². The highest BCUT2D eigenvalue weighted by atomic mass is 35.5. The number of carbonyl (C=O) groups excluding carboxylic acids is 1. The topological polar surface area (TPSA) is 58.4 Å². The molecule has 0 radical (unpaired) electrons. The molecular formula is C20H18ClF6N3O. The van der Waals surface area contributed by atoms with E-state index in [9.17, 15) is 31.1 Å². The lowest BCUT2D eigenvalue weighted by atomic mass is 10.0. The van der Waals surface area contributed by atoms with Crippen LogP contribution >= 0.6 is 11.6 Å². The number of benzene rings is 2. The van der Waals surface area contributed by atoms with Gasteiger partial charge in [-0.1, -0.05) is 29.8 Å². The maximum Gasteiger partial charge on any atom is 0.416 e. The molecule has 0 saturated carbocycles. The molecule has 0 aliphatic carbocycles. The number of hydrogen-bond donors (Lipinski definition) is 2. The minimum Gasteiger partial charge on any atom is -0.393 e. The van der Waals surface area contributed by atoms with Gasteiger partial charge in [0.25, 0.3) is 5.91 Å². The van der Waals surface area contributed by atoms with E-state index < -0.39 is 35.9 Å². The average Bonchev–Trinajstić information content (AvgIpc) is 2.67. The van der Waals surface area contributed by atoms with E-state index in [0.29, 0.717) is 22.7 Å². The lowest BCUT2D eigenvalue weighted by Gasteiger charge is -2.18. The Kier molecular flexibility index (Phi) is 7.48. The van der Waals surface area contributed by atoms with Gasteiger partial charge in [-0.2, -0.15) is 26.3 Å². The van der Waals surface area contributed by atoms with Gasteiger partial charge in [-0.15, -0.1) is 0 Å². The molecule has 0 spiro atoms. The molecular weight excluding hydrogens is 448 g/mol. The molecule has 1 amide bonds. The van der Waals surface area contributed by atoms with E-state index in [2.05, 4.69) is 5.32 Å². The van der Waals surface area contributed by atoms with Crippen LogP contribution in [0.1, 0.15) is 22.3 Å². The van der Waals surface area contributed by atoms with Gasteiger partial charge in [0.2, 0.25) is 0 Å². The van der Waals surface area contributed by atoms with Crippen LogP contribution in [0.3, 0.4) is 0 Å². The Balaban J connectivity index is 2.10. The van der Waals surface area contributed by atoms with Crippen molar-refractivity contribution in [2.75, 3.05) is 7.05 Å². The van der Waals surface area contributed by atoms with Crippen LogP contribution in [-0.4, -0.2) is 17.9 Å².